The van der Waals surface area contributed by atoms with Crippen molar-refractivity contribution in [1.29, 1.82) is 0 Å². The van der Waals surface area contributed by atoms with Gasteiger partial charge in [0.15, 0.2) is 0 Å². The third-order valence-corrected chi connectivity index (χ3v) is 10.9. The van der Waals surface area contributed by atoms with Gasteiger partial charge < -0.3 is 19.4 Å². The number of carbonyl (C=O) groups excluding carboxylic acids is 1. The fourth-order valence-electron chi connectivity index (χ4n) is 4.41. The molecule has 0 aliphatic heterocycles. The lowest BCUT2D eigenvalue weighted by Gasteiger charge is -2.45. The van der Waals surface area contributed by atoms with Gasteiger partial charge in [-0.15, -0.1) is 0 Å². The molecule has 1 saturated carbocycles. The fraction of sp³-hybridized carbons (Fsp3) is 0.400. The second kappa shape index (κ2) is 9.49. The molecule has 2 aromatic rings. The first-order valence-electron chi connectivity index (χ1n) is 10.7. The third-order valence-electron chi connectivity index (χ3n) is 5.86. The molecule has 6 heteroatoms. The summed E-state index contributed by atoms with van der Waals surface area (Å²) in [6, 6.07) is 20.3. The minimum absolute atomic E-state index is 0.253. The Morgan fingerprint density at radius 1 is 1.03 bits per heavy atom. The van der Waals surface area contributed by atoms with Crippen molar-refractivity contribution in [3.63, 3.8) is 0 Å². The average molecular weight is 441 g/mol. The molecule has 1 aliphatic carbocycles. The van der Waals surface area contributed by atoms with Crippen LogP contribution in [0.1, 0.15) is 34.1 Å². The number of benzene rings is 2. The van der Waals surface area contributed by atoms with Gasteiger partial charge in [-0.2, -0.15) is 0 Å². The number of esters is 1. The zero-order valence-electron chi connectivity index (χ0n) is 18.6. The van der Waals surface area contributed by atoms with Crippen LogP contribution in [0.4, 0.5) is 0 Å². The summed E-state index contributed by atoms with van der Waals surface area (Å²) >= 11 is 0. The molecule has 2 aromatic carbocycles. The van der Waals surface area contributed by atoms with Gasteiger partial charge in [0.1, 0.15) is 12.2 Å². The zero-order chi connectivity index (χ0) is 22.6. The largest absolute Gasteiger partial charge is 0.463 e. The van der Waals surface area contributed by atoms with E-state index in [1.807, 2.05) is 36.4 Å². The van der Waals surface area contributed by atoms with Crippen molar-refractivity contribution >= 4 is 24.7 Å². The van der Waals surface area contributed by atoms with Crippen LogP contribution in [0.15, 0.2) is 72.3 Å². The molecule has 0 spiro atoms. The van der Waals surface area contributed by atoms with Gasteiger partial charge in [0.25, 0.3) is 8.32 Å². The van der Waals surface area contributed by atoms with Crippen LogP contribution in [-0.4, -0.2) is 49.4 Å². The molecule has 5 nitrogen and oxygen atoms in total. The summed E-state index contributed by atoms with van der Waals surface area (Å²) in [6.07, 6.45) is -1.37. The van der Waals surface area contributed by atoms with E-state index in [1.54, 1.807) is 6.92 Å². The Morgan fingerprint density at radius 3 is 2.00 bits per heavy atom. The summed E-state index contributed by atoms with van der Waals surface area (Å²) in [5.41, 5.74) is 0.439. The summed E-state index contributed by atoms with van der Waals surface area (Å²) in [7, 11) is -2.88. The molecule has 0 heterocycles. The quantitative estimate of drug-likeness (QED) is 0.410. The maximum atomic E-state index is 11.9. The second-order valence-corrected chi connectivity index (χ2v) is 13.2. The van der Waals surface area contributed by atoms with Gasteiger partial charge >= 0.3 is 5.97 Å². The van der Waals surface area contributed by atoms with E-state index in [0.717, 1.165) is 10.4 Å². The fourth-order valence-corrected chi connectivity index (χ4v) is 9.10. The maximum absolute atomic E-state index is 11.9. The average Bonchev–Trinajstić information content (AvgIpc) is 3.00. The second-order valence-electron chi connectivity index (χ2n) is 8.93. The Bertz CT molecular complexity index is 865. The molecule has 0 saturated heterocycles. The van der Waals surface area contributed by atoms with E-state index in [4.69, 9.17) is 9.16 Å². The van der Waals surface area contributed by atoms with Crippen LogP contribution >= 0.6 is 0 Å². The molecular formula is C25H32O5Si. The van der Waals surface area contributed by atoms with Crippen LogP contribution < -0.4 is 10.4 Å². The lowest BCUT2D eigenvalue weighted by atomic mass is 10.2. The van der Waals surface area contributed by atoms with Crippen LogP contribution in [0.3, 0.4) is 0 Å². The predicted octanol–water partition coefficient (Wildman–Crippen LogP) is 2.55. The Kier molecular flexibility index (Phi) is 7.16. The number of carbonyl (C=O) groups is 1. The van der Waals surface area contributed by atoms with E-state index < -0.39 is 32.6 Å². The van der Waals surface area contributed by atoms with Gasteiger partial charge in [-0.1, -0.05) is 81.4 Å². The van der Waals surface area contributed by atoms with Gasteiger partial charge in [-0.3, -0.25) is 0 Å². The van der Waals surface area contributed by atoms with Crippen molar-refractivity contribution in [2.75, 3.05) is 6.61 Å². The molecule has 1 aliphatic rings. The van der Waals surface area contributed by atoms with Gasteiger partial charge in [-0.05, 0) is 34.3 Å². The first-order chi connectivity index (χ1) is 14.7. The summed E-state index contributed by atoms with van der Waals surface area (Å²) in [4.78, 5) is 11.9. The van der Waals surface area contributed by atoms with Crippen LogP contribution in [0, 0.1) is 0 Å². The van der Waals surface area contributed by atoms with Crippen molar-refractivity contribution < 1.29 is 24.2 Å². The van der Waals surface area contributed by atoms with Crippen molar-refractivity contribution in [2.24, 2.45) is 0 Å². The number of aliphatic hydroxyl groups is 2. The highest BCUT2D eigenvalue weighted by atomic mass is 28.4. The normalized spacial score (nSPS) is 23.2. The zero-order valence-corrected chi connectivity index (χ0v) is 19.6. The Labute approximate surface area is 185 Å². The summed E-state index contributed by atoms with van der Waals surface area (Å²) < 4.78 is 11.9. The number of aliphatic hydroxyl groups excluding tert-OH is 2. The molecular weight excluding hydrogens is 408 g/mol. The molecule has 3 atom stereocenters. The van der Waals surface area contributed by atoms with Gasteiger partial charge in [-0.25, -0.2) is 4.79 Å². The molecule has 0 amide bonds. The third kappa shape index (κ3) is 4.67. The predicted molar refractivity (Wildman–Crippen MR) is 124 cm³/mol. The lowest BCUT2D eigenvalue weighted by Crippen LogP contribution is -2.68. The Balaban J connectivity index is 2.07. The molecule has 2 N–H and O–H groups in total. The lowest BCUT2D eigenvalue weighted by molar-refractivity contribution is -0.137. The molecule has 0 aromatic heterocycles. The molecule has 166 valence electrons. The highest BCUT2D eigenvalue weighted by Gasteiger charge is 2.54. The van der Waals surface area contributed by atoms with Crippen molar-refractivity contribution in [3.8, 4) is 0 Å². The van der Waals surface area contributed by atoms with E-state index in [-0.39, 0.29) is 18.1 Å². The molecule has 3 rings (SSSR count). The smallest absolute Gasteiger partial charge is 0.330 e. The van der Waals surface area contributed by atoms with E-state index in [2.05, 4.69) is 45.0 Å². The van der Waals surface area contributed by atoms with Crippen LogP contribution in [0.25, 0.3) is 0 Å². The van der Waals surface area contributed by atoms with Crippen molar-refractivity contribution in [2.45, 2.75) is 57.5 Å². The first-order valence-corrected chi connectivity index (χ1v) is 12.6. The van der Waals surface area contributed by atoms with Gasteiger partial charge in [0, 0.05) is 6.08 Å². The SMILES string of the molecule is CCOC(=O)/C=C1\C[C@@H](O[Si](c2ccccc2)(c2ccccc2)C(C)(C)C)[C@H](O)[C@@H]1O. The van der Waals surface area contributed by atoms with E-state index in [0.29, 0.717) is 5.57 Å². The Morgan fingerprint density at radius 2 is 1.55 bits per heavy atom. The van der Waals surface area contributed by atoms with E-state index in [9.17, 15) is 15.0 Å². The molecule has 0 unspecified atom stereocenters. The van der Waals surface area contributed by atoms with Crippen LogP contribution in [-0.2, 0) is 14.0 Å². The first kappa shape index (κ1) is 23.4. The van der Waals surface area contributed by atoms with E-state index >= 15 is 0 Å². The molecule has 0 radical (unpaired) electrons. The monoisotopic (exact) mass is 440 g/mol. The number of ether oxygens (including phenoxy) is 1. The Hall–Kier alpha value is -2.25. The van der Waals surface area contributed by atoms with Gasteiger partial charge in [0.05, 0.1) is 12.7 Å². The highest BCUT2D eigenvalue weighted by molar-refractivity contribution is 6.99. The van der Waals surface area contributed by atoms with Crippen LogP contribution in [0.2, 0.25) is 5.04 Å². The van der Waals surface area contributed by atoms with Crippen LogP contribution in [0.5, 0.6) is 0 Å². The van der Waals surface area contributed by atoms with Crippen molar-refractivity contribution in [3.05, 3.63) is 72.3 Å². The summed E-state index contributed by atoms with van der Waals surface area (Å²) in [5.74, 6) is -0.519. The summed E-state index contributed by atoms with van der Waals surface area (Å²) in [6.45, 7) is 8.46. The minimum Gasteiger partial charge on any atom is -0.463 e. The number of rotatable bonds is 6. The van der Waals surface area contributed by atoms with Gasteiger partial charge in [0.2, 0.25) is 0 Å². The molecule has 0 bridgehead atoms. The topological polar surface area (TPSA) is 76.0 Å². The number of hydrogen-bond donors (Lipinski definition) is 2. The summed E-state index contributed by atoms with van der Waals surface area (Å²) in [5, 5.41) is 23.4. The standard InChI is InChI=1S/C25H32O5Si/c1-5-29-22(26)17-18-16-21(24(28)23(18)27)30-31(25(2,3)4,19-12-8-6-9-13-19)20-14-10-7-11-15-20/h6-15,17,21,23-24,27-28H,5,16H2,1-4H3/b18-17+/t21-,23-,24+/m1/s1. The molecule has 31 heavy (non-hydrogen) atoms. The maximum Gasteiger partial charge on any atom is 0.330 e. The van der Waals surface area contributed by atoms with Crippen molar-refractivity contribution in [1.82, 2.24) is 0 Å². The number of hydrogen-bond acceptors (Lipinski definition) is 5. The highest BCUT2D eigenvalue weighted by Crippen LogP contribution is 2.40. The minimum atomic E-state index is -2.88. The van der Waals surface area contributed by atoms with E-state index in [1.165, 1.54) is 6.08 Å². The molecule has 1 fully saturated rings.